The van der Waals surface area contributed by atoms with Crippen molar-refractivity contribution < 1.29 is 50.6 Å². The van der Waals surface area contributed by atoms with Crippen LogP contribution in [0.15, 0.2) is 0 Å². The van der Waals surface area contributed by atoms with Gasteiger partial charge in [-0.25, -0.2) is 0 Å². The third-order valence-corrected chi connectivity index (χ3v) is 0. The Labute approximate surface area is 101 Å². The zero-order valence-corrected chi connectivity index (χ0v) is 12.0. The second kappa shape index (κ2) is 71.1. The normalized spacial score (nSPS) is 0. The van der Waals surface area contributed by atoms with E-state index in [0.717, 1.165) is 0 Å². The molecule has 0 rings (SSSR count). The molecule has 0 saturated heterocycles. The molecule has 0 N–H and O–H groups in total. The van der Waals surface area contributed by atoms with Crippen molar-refractivity contribution in [2.24, 2.45) is 0 Å². The van der Waals surface area contributed by atoms with Gasteiger partial charge in [0.15, 0.2) is 0 Å². The van der Waals surface area contributed by atoms with Crippen LogP contribution in [0.2, 0.25) is 0 Å². The SMILES string of the molecule is [Bi+3].[Bi+3].[Fe].[Fe].[O-2].[O-2].[O-2]. The average molecular weight is 578 g/mol. The maximum atomic E-state index is 0. The first-order valence-electron chi connectivity index (χ1n) is 0. The summed E-state index contributed by atoms with van der Waals surface area (Å²) in [7, 11) is 0. The van der Waals surface area contributed by atoms with Gasteiger partial charge in [-0.2, -0.15) is 0 Å². The fourth-order valence-electron chi connectivity index (χ4n) is 0. The third kappa shape index (κ3) is 53.8. The van der Waals surface area contributed by atoms with Crippen LogP contribution in [0.3, 0.4) is 0 Å². The number of hydrogen-bond acceptors (Lipinski definition) is 0. The Hall–Kier alpha value is 2.69. The number of rotatable bonds is 0. The molecule has 3 nitrogen and oxygen atoms in total. The van der Waals surface area contributed by atoms with Crippen LogP contribution < -0.4 is 0 Å². The van der Waals surface area contributed by atoms with Gasteiger partial charge in [0.25, 0.3) is 0 Å². The molecule has 0 amide bonds. The van der Waals surface area contributed by atoms with Crippen LogP contribution in [0.1, 0.15) is 0 Å². The van der Waals surface area contributed by atoms with Gasteiger partial charge < -0.3 is 16.4 Å². The molecule has 4 radical (unpaired) electrons. The molecule has 44 valence electrons. The van der Waals surface area contributed by atoms with Crippen molar-refractivity contribution in [3.63, 3.8) is 0 Å². The minimum absolute atomic E-state index is 0. The summed E-state index contributed by atoms with van der Waals surface area (Å²) in [6, 6.07) is 0. The largest absolute Gasteiger partial charge is 3.00 e. The van der Waals surface area contributed by atoms with E-state index in [1.165, 1.54) is 0 Å². The monoisotopic (exact) mass is 578 g/mol. The average Bonchev–Trinajstić information content (AvgIpc) is 0. The molecular formula is Bi2Fe2O3. The summed E-state index contributed by atoms with van der Waals surface area (Å²) in [6.45, 7) is 0. The molecule has 0 atom stereocenters. The zero-order chi connectivity index (χ0) is 0. The Bertz CT molecular complexity index is 10.9. The molecule has 0 aliphatic heterocycles. The fraction of sp³-hybridized carbons (Fsp3) is 0. The van der Waals surface area contributed by atoms with Crippen LogP contribution >= 0.6 is 0 Å². The molecule has 0 aromatic rings. The molecule has 0 unspecified atom stereocenters. The van der Waals surface area contributed by atoms with Gasteiger partial charge in [0, 0.05) is 34.1 Å². The summed E-state index contributed by atoms with van der Waals surface area (Å²) in [5.41, 5.74) is 0. The summed E-state index contributed by atoms with van der Waals surface area (Å²) < 4.78 is 0. The van der Waals surface area contributed by atoms with Crippen molar-refractivity contribution in [2.75, 3.05) is 0 Å². The van der Waals surface area contributed by atoms with E-state index in [9.17, 15) is 0 Å². The van der Waals surface area contributed by atoms with E-state index in [4.69, 9.17) is 0 Å². The second-order valence-electron chi connectivity index (χ2n) is 0. The Morgan fingerprint density at radius 2 is 0.429 bits per heavy atom. The Balaban J connectivity index is 0. The van der Waals surface area contributed by atoms with Crippen LogP contribution in [-0.2, 0) is 50.6 Å². The minimum Gasteiger partial charge on any atom is -2.00 e. The van der Waals surface area contributed by atoms with Gasteiger partial charge >= 0.3 is 52.4 Å². The van der Waals surface area contributed by atoms with Gasteiger partial charge in [-0.3, -0.25) is 0 Å². The van der Waals surface area contributed by atoms with E-state index in [1.54, 1.807) is 0 Å². The maximum Gasteiger partial charge on any atom is 3.00 e. The van der Waals surface area contributed by atoms with Crippen molar-refractivity contribution in [3.8, 4) is 0 Å². The van der Waals surface area contributed by atoms with Crippen LogP contribution in [0.5, 0.6) is 0 Å². The zero-order valence-electron chi connectivity index (χ0n) is 2.83. The van der Waals surface area contributed by atoms with Gasteiger partial charge in [-0.15, -0.1) is 0 Å². The third-order valence-electron chi connectivity index (χ3n) is 0. The summed E-state index contributed by atoms with van der Waals surface area (Å²) >= 11 is 0. The molecule has 0 aliphatic carbocycles. The van der Waals surface area contributed by atoms with Crippen molar-refractivity contribution in [1.82, 2.24) is 0 Å². The molecule has 0 aliphatic rings. The van der Waals surface area contributed by atoms with Crippen molar-refractivity contribution in [2.45, 2.75) is 0 Å². The van der Waals surface area contributed by atoms with Crippen LogP contribution in [0.25, 0.3) is 0 Å². The first-order chi connectivity index (χ1) is 0. The molecule has 0 heterocycles. The van der Waals surface area contributed by atoms with E-state index >= 15 is 0 Å². The molecular weight excluding hydrogens is 578 g/mol. The molecule has 7 heavy (non-hydrogen) atoms. The van der Waals surface area contributed by atoms with Gasteiger partial charge in [0.05, 0.1) is 0 Å². The van der Waals surface area contributed by atoms with Crippen molar-refractivity contribution >= 4 is 52.4 Å². The summed E-state index contributed by atoms with van der Waals surface area (Å²) in [5.74, 6) is 0. The first-order valence-corrected chi connectivity index (χ1v) is 0. The molecule has 0 aromatic heterocycles. The van der Waals surface area contributed by atoms with E-state index in [2.05, 4.69) is 0 Å². The summed E-state index contributed by atoms with van der Waals surface area (Å²) in [6.07, 6.45) is 0. The van der Waals surface area contributed by atoms with E-state index in [0.29, 0.717) is 0 Å². The summed E-state index contributed by atoms with van der Waals surface area (Å²) in [5, 5.41) is 0. The summed E-state index contributed by atoms with van der Waals surface area (Å²) in [4.78, 5) is 0. The Kier molecular flexibility index (Phi) is 1030. The van der Waals surface area contributed by atoms with Gasteiger partial charge in [0.1, 0.15) is 0 Å². The quantitative estimate of drug-likeness (QED) is 0.327. The first kappa shape index (κ1) is 101. The second-order valence-corrected chi connectivity index (χ2v) is 0. The van der Waals surface area contributed by atoms with Crippen molar-refractivity contribution in [3.05, 3.63) is 0 Å². The van der Waals surface area contributed by atoms with Gasteiger partial charge in [-0.1, -0.05) is 0 Å². The molecule has 0 bridgehead atoms. The molecule has 0 fully saturated rings. The Morgan fingerprint density at radius 3 is 0.429 bits per heavy atom. The topological polar surface area (TPSA) is 85.5 Å². The predicted octanol–water partition coefficient (Wildman–Crippen LogP) is -1.12. The number of hydrogen-bond donors (Lipinski definition) is 0. The van der Waals surface area contributed by atoms with Gasteiger partial charge in [0.2, 0.25) is 0 Å². The maximum absolute atomic E-state index is 0. The van der Waals surface area contributed by atoms with Gasteiger partial charge in [-0.05, 0) is 0 Å². The van der Waals surface area contributed by atoms with E-state index < -0.39 is 0 Å². The molecule has 0 spiro atoms. The van der Waals surface area contributed by atoms with E-state index in [-0.39, 0.29) is 103 Å². The fourth-order valence-corrected chi connectivity index (χ4v) is 0. The minimum atomic E-state index is 0. The standard InChI is InChI=1S/2Bi.2Fe.3O/q2*+3;;;3*-2. The van der Waals surface area contributed by atoms with Crippen LogP contribution in [0, 0.1) is 0 Å². The van der Waals surface area contributed by atoms with Crippen LogP contribution in [-0.4, -0.2) is 52.4 Å². The van der Waals surface area contributed by atoms with E-state index in [1.807, 2.05) is 0 Å². The molecule has 0 saturated carbocycles. The van der Waals surface area contributed by atoms with Crippen molar-refractivity contribution in [1.29, 1.82) is 0 Å². The smallest absolute Gasteiger partial charge is 2.00 e. The molecule has 7 heteroatoms. The van der Waals surface area contributed by atoms with Crippen LogP contribution in [0.4, 0.5) is 0 Å². The Morgan fingerprint density at radius 1 is 0.429 bits per heavy atom. The predicted molar refractivity (Wildman–Crippen MR) is 13.6 cm³/mol. The molecule has 0 aromatic carbocycles.